The maximum Gasteiger partial charge on any atom is 0.186 e. The number of rotatable bonds is 6. The number of carbonyl (C=O) groups is 3. The SMILES string of the molecule is COc1cccc(C(=O)[C@H]2[C@H](c3cc(OC)ccc3OC)C3(C(=O)c4ccccc4C3=O)[C@@H]3C=Cc4cc(C)ccc4N32)c1. The third-order valence-electron chi connectivity index (χ3n) is 9.35. The molecule has 7 nitrogen and oxygen atoms in total. The van der Waals surface area contributed by atoms with Gasteiger partial charge in [-0.1, -0.05) is 60.2 Å². The van der Waals surface area contributed by atoms with E-state index in [2.05, 4.69) is 0 Å². The van der Waals surface area contributed by atoms with Crippen molar-refractivity contribution in [2.75, 3.05) is 26.2 Å². The topological polar surface area (TPSA) is 82.1 Å². The number of benzene rings is 4. The minimum Gasteiger partial charge on any atom is -0.497 e. The van der Waals surface area contributed by atoms with Gasteiger partial charge in [0.2, 0.25) is 0 Å². The highest BCUT2D eigenvalue weighted by atomic mass is 16.5. The Kier molecular flexibility index (Phi) is 6.43. The summed E-state index contributed by atoms with van der Waals surface area (Å²) < 4.78 is 17.0. The van der Waals surface area contributed by atoms with Crippen molar-refractivity contribution < 1.29 is 28.6 Å². The fraction of sp³-hybridized carbons (Fsp3) is 0.216. The van der Waals surface area contributed by atoms with Crippen LogP contribution in [0.25, 0.3) is 6.08 Å². The van der Waals surface area contributed by atoms with Gasteiger partial charge in [0.05, 0.1) is 27.4 Å². The number of methoxy groups -OCH3 is 3. The predicted octanol–water partition coefficient (Wildman–Crippen LogP) is 6.34. The van der Waals surface area contributed by atoms with E-state index >= 15 is 0 Å². The molecule has 2 aliphatic heterocycles. The lowest BCUT2D eigenvalue weighted by atomic mass is 9.64. The van der Waals surface area contributed by atoms with E-state index in [4.69, 9.17) is 14.2 Å². The molecule has 3 atom stereocenters. The van der Waals surface area contributed by atoms with Crippen molar-refractivity contribution in [2.24, 2.45) is 5.41 Å². The number of hydrogen-bond acceptors (Lipinski definition) is 7. The minimum absolute atomic E-state index is 0.237. The molecule has 1 spiro atoms. The Balaban J connectivity index is 1.58. The third kappa shape index (κ3) is 3.71. The molecule has 2 heterocycles. The maximum atomic E-state index is 15.0. The van der Waals surface area contributed by atoms with Crippen LogP contribution in [0.3, 0.4) is 0 Å². The van der Waals surface area contributed by atoms with Crippen molar-refractivity contribution in [2.45, 2.75) is 24.9 Å². The van der Waals surface area contributed by atoms with Crippen molar-refractivity contribution in [3.8, 4) is 17.2 Å². The summed E-state index contributed by atoms with van der Waals surface area (Å²) in [5, 5.41) is 0. The molecule has 7 heteroatoms. The van der Waals surface area contributed by atoms with E-state index in [9.17, 15) is 14.4 Å². The maximum absolute atomic E-state index is 15.0. The van der Waals surface area contributed by atoms with Crippen LogP contribution in [0.2, 0.25) is 0 Å². The number of Topliss-reactive ketones (excluding diaryl/α,β-unsaturated/α-hetero) is 3. The number of fused-ring (bicyclic) bond motifs is 5. The van der Waals surface area contributed by atoms with Gasteiger partial charge in [0.25, 0.3) is 0 Å². The quantitative estimate of drug-likeness (QED) is 0.193. The van der Waals surface area contributed by atoms with Crippen molar-refractivity contribution in [1.29, 1.82) is 0 Å². The fourth-order valence-electron chi connectivity index (χ4n) is 7.47. The van der Waals surface area contributed by atoms with Crippen LogP contribution in [0.5, 0.6) is 17.2 Å². The molecular formula is C37H31NO6. The lowest BCUT2D eigenvalue weighted by Gasteiger charge is -2.37. The molecule has 0 aromatic heterocycles. The first-order valence-corrected chi connectivity index (χ1v) is 14.5. The minimum atomic E-state index is -1.65. The second-order valence-electron chi connectivity index (χ2n) is 11.5. The molecule has 0 saturated carbocycles. The van der Waals surface area contributed by atoms with Gasteiger partial charge in [0, 0.05) is 33.9 Å². The number of ether oxygens (including phenoxy) is 3. The van der Waals surface area contributed by atoms with Crippen LogP contribution in [0.4, 0.5) is 5.69 Å². The van der Waals surface area contributed by atoms with E-state index in [1.807, 2.05) is 42.2 Å². The van der Waals surface area contributed by atoms with Gasteiger partial charge < -0.3 is 19.1 Å². The second kappa shape index (κ2) is 10.2. The summed E-state index contributed by atoms with van der Waals surface area (Å²) in [5.74, 6) is -0.253. The van der Waals surface area contributed by atoms with Crippen LogP contribution in [0.1, 0.15) is 53.7 Å². The van der Waals surface area contributed by atoms with Gasteiger partial charge in [-0.05, 0) is 55.0 Å². The molecule has 0 N–H and O–H groups in total. The van der Waals surface area contributed by atoms with Crippen LogP contribution in [0, 0.1) is 12.3 Å². The van der Waals surface area contributed by atoms with Crippen LogP contribution >= 0.6 is 0 Å². The Morgan fingerprint density at radius 1 is 0.773 bits per heavy atom. The number of hydrogen-bond donors (Lipinski definition) is 0. The van der Waals surface area contributed by atoms with Crippen LogP contribution in [-0.4, -0.2) is 50.8 Å². The lowest BCUT2D eigenvalue weighted by Crippen LogP contribution is -2.48. The molecular weight excluding hydrogens is 554 g/mol. The zero-order chi connectivity index (χ0) is 30.7. The van der Waals surface area contributed by atoms with Crippen molar-refractivity contribution in [3.05, 3.63) is 124 Å². The standard InChI is InChI=1S/C37H31NO6/c1-21-12-15-29-22(18-21)13-17-31-37(35(40)26-10-5-6-11-27(26)36(37)41)32(28-20-25(43-3)14-16-30(28)44-4)33(38(29)31)34(39)23-8-7-9-24(19-23)42-2/h5-20,31-33H,1-4H3/t31-,32-,33+/m0/s1. The average Bonchev–Trinajstić information content (AvgIpc) is 3.49. The van der Waals surface area contributed by atoms with E-state index < -0.39 is 23.4 Å². The molecule has 0 radical (unpaired) electrons. The molecule has 4 aromatic rings. The summed E-state index contributed by atoms with van der Waals surface area (Å²) in [6.45, 7) is 2.01. The van der Waals surface area contributed by atoms with Crippen molar-refractivity contribution in [3.63, 3.8) is 0 Å². The van der Waals surface area contributed by atoms with E-state index in [0.717, 1.165) is 16.8 Å². The summed E-state index contributed by atoms with van der Waals surface area (Å²) in [6.07, 6.45) is 3.88. The number of aryl methyl sites for hydroxylation is 1. The van der Waals surface area contributed by atoms with Gasteiger partial charge in [0.15, 0.2) is 17.3 Å². The van der Waals surface area contributed by atoms with Crippen molar-refractivity contribution in [1.82, 2.24) is 0 Å². The van der Waals surface area contributed by atoms with E-state index in [-0.39, 0.29) is 17.3 Å². The Hall–Kier alpha value is -5.17. The molecule has 1 saturated heterocycles. The van der Waals surface area contributed by atoms with Crippen LogP contribution in [0.15, 0.2) is 91.0 Å². The van der Waals surface area contributed by atoms with Crippen LogP contribution in [-0.2, 0) is 0 Å². The third-order valence-corrected chi connectivity index (χ3v) is 9.35. The van der Waals surface area contributed by atoms with Gasteiger partial charge >= 0.3 is 0 Å². The number of ketones is 3. The molecule has 0 bridgehead atoms. The Morgan fingerprint density at radius 2 is 1.48 bits per heavy atom. The zero-order valence-electron chi connectivity index (χ0n) is 24.9. The zero-order valence-corrected chi connectivity index (χ0v) is 24.9. The summed E-state index contributed by atoms with van der Waals surface area (Å²) in [7, 11) is 4.65. The molecule has 0 amide bonds. The van der Waals surface area contributed by atoms with E-state index in [0.29, 0.717) is 39.5 Å². The fourth-order valence-corrected chi connectivity index (χ4v) is 7.47. The highest BCUT2D eigenvalue weighted by Crippen LogP contribution is 2.62. The highest BCUT2D eigenvalue weighted by Gasteiger charge is 2.72. The molecule has 3 aliphatic rings. The smallest absolute Gasteiger partial charge is 0.186 e. The predicted molar refractivity (Wildman–Crippen MR) is 167 cm³/mol. The van der Waals surface area contributed by atoms with Gasteiger partial charge in [0.1, 0.15) is 28.7 Å². The average molecular weight is 586 g/mol. The number of nitrogens with zero attached hydrogens (tertiary/aromatic N) is 1. The first-order chi connectivity index (χ1) is 21.3. The number of anilines is 1. The molecule has 7 rings (SSSR count). The summed E-state index contributed by atoms with van der Waals surface area (Å²) in [5.41, 5.74) is 2.79. The van der Waals surface area contributed by atoms with Gasteiger partial charge in [-0.25, -0.2) is 0 Å². The lowest BCUT2D eigenvalue weighted by molar-refractivity contribution is 0.0664. The van der Waals surface area contributed by atoms with E-state index in [1.165, 1.54) is 0 Å². The Bertz CT molecular complexity index is 1860. The Morgan fingerprint density at radius 3 is 2.16 bits per heavy atom. The first kappa shape index (κ1) is 27.7. The molecule has 44 heavy (non-hydrogen) atoms. The Labute approximate surface area is 255 Å². The van der Waals surface area contributed by atoms with Crippen LogP contribution < -0.4 is 19.1 Å². The normalized spacial score (nSPS) is 20.7. The summed E-state index contributed by atoms with van der Waals surface area (Å²) in [4.78, 5) is 46.8. The molecule has 220 valence electrons. The van der Waals surface area contributed by atoms with Crippen molar-refractivity contribution >= 4 is 29.1 Å². The highest BCUT2D eigenvalue weighted by molar-refractivity contribution is 6.32. The molecule has 1 fully saturated rings. The largest absolute Gasteiger partial charge is 0.497 e. The van der Waals surface area contributed by atoms with Gasteiger partial charge in [-0.3, -0.25) is 14.4 Å². The molecule has 4 aromatic carbocycles. The second-order valence-corrected chi connectivity index (χ2v) is 11.5. The van der Waals surface area contributed by atoms with Gasteiger partial charge in [-0.15, -0.1) is 0 Å². The summed E-state index contributed by atoms with van der Waals surface area (Å²) in [6, 6.07) is 23.6. The number of carbonyl (C=O) groups excluding carboxylic acids is 3. The van der Waals surface area contributed by atoms with E-state index in [1.54, 1.807) is 88.1 Å². The molecule has 0 unspecified atom stereocenters. The first-order valence-electron chi connectivity index (χ1n) is 14.5. The molecule has 1 aliphatic carbocycles. The van der Waals surface area contributed by atoms with Gasteiger partial charge in [-0.2, -0.15) is 0 Å². The monoisotopic (exact) mass is 585 g/mol. The summed E-state index contributed by atoms with van der Waals surface area (Å²) >= 11 is 0.